The molecule has 0 saturated carbocycles. The standard InChI is InChI=1S/C7H14O.C2H6/c1-6-4-5-8-7(6,2)3;1-2/h6H,4-5H2,1-3H3;1-2H3/t6-;/m0./s1. The Morgan fingerprint density at radius 3 is 1.90 bits per heavy atom. The van der Waals surface area contributed by atoms with Crippen molar-refractivity contribution >= 4 is 0 Å². The zero-order valence-electron chi connectivity index (χ0n) is 7.90. The van der Waals surface area contributed by atoms with Gasteiger partial charge in [-0.15, -0.1) is 0 Å². The van der Waals surface area contributed by atoms with Crippen molar-refractivity contribution in [1.29, 1.82) is 0 Å². The van der Waals surface area contributed by atoms with E-state index >= 15 is 0 Å². The Morgan fingerprint density at radius 2 is 1.80 bits per heavy atom. The van der Waals surface area contributed by atoms with Crippen LogP contribution in [0, 0.1) is 5.92 Å². The second kappa shape index (κ2) is 3.97. The van der Waals surface area contributed by atoms with Crippen molar-refractivity contribution in [1.82, 2.24) is 0 Å². The molecule has 0 aliphatic carbocycles. The minimum atomic E-state index is 0.153. The Bertz CT molecular complexity index is 86.7. The Hall–Kier alpha value is -0.0400. The molecular weight excluding hydrogens is 124 g/mol. The fraction of sp³-hybridized carbons (Fsp3) is 1.00. The molecule has 0 aromatic carbocycles. The first-order valence-electron chi connectivity index (χ1n) is 4.27. The van der Waals surface area contributed by atoms with Crippen molar-refractivity contribution in [2.24, 2.45) is 5.92 Å². The van der Waals surface area contributed by atoms with E-state index in [-0.39, 0.29) is 5.60 Å². The van der Waals surface area contributed by atoms with Crippen LogP contribution in [-0.4, -0.2) is 12.2 Å². The first kappa shape index (κ1) is 9.96. The minimum Gasteiger partial charge on any atom is -0.375 e. The number of ether oxygens (including phenoxy) is 1. The van der Waals surface area contributed by atoms with Gasteiger partial charge in [0.25, 0.3) is 0 Å². The Balaban J connectivity index is 0.000000371. The molecule has 1 nitrogen and oxygen atoms in total. The number of hydrogen-bond acceptors (Lipinski definition) is 1. The number of hydrogen-bond donors (Lipinski definition) is 0. The first-order valence-corrected chi connectivity index (χ1v) is 4.27. The summed E-state index contributed by atoms with van der Waals surface area (Å²) in [5.41, 5.74) is 0.153. The fourth-order valence-corrected chi connectivity index (χ4v) is 0.989. The third kappa shape index (κ3) is 2.30. The van der Waals surface area contributed by atoms with Crippen LogP contribution in [0.25, 0.3) is 0 Å². The molecular formula is C9H20O. The molecule has 0 spiro atoms. The van der Waals surface area contributed by atoms with Crippen LogP contribution in [0.1, 0.15) is 41.0 Å². The molecule has 10 heavy (non-hydrogen) atoms. The summed E-state index contributed by atoms with van der Waals surface area (Å²) in [5, 5.41) is 0. The summed E-state index contributed by atoms with van der Waals surface area (Å²) in [6, 6.07) is 0. The summed E-state index contributed by atoms with van der Waals surface area (Å²) in [5.74, 6) is 0.738. The lowest BCUT2D eigenvalue weighted by atomic mass is 9.93. The van der Waals surface area contributed by atoms with Gasteiger partial charge < -0.3 is 4.74 Å². The smallest absolute Gasteiger partial charge is 0.0652 e. The third-order valence-electron chi connectivity index (χ3n) is 2.21. The quantitative estimate of drug-likeness (QED) is 0.508. The molecule has 1 heteroatoms. The lowest BCUT2D eigenvalue weighted by Gasteiger charge is -2.21. The molecule has 0 N–H and O–H groups in total. The summed E-state index contributed by atoms with van der Waals surface area (Å²) in [7, 11) is 0. The molecule has 0 unspecified atom stereocenters. The molecule has 0 radical (unpaired) electrons. The highest BCUT2D eigenvalue weighted by Gasteiger charge is 2.31. The van der Waals surface area contributed by atoms with E-state index in [4.69, 9.17) is 4.74 Å². The van der Waals surface area contributed by atoms with Crippen LogP contribution in [0.3, 0.4) is 0 Å². The van der Waals surface area contributed by atoms with Gasteiger partial charge in [0.05, 0.1) is 5.60 Å². The van der Waals surface area contributed by atoms with Crippen molar-refractivity contribution in [3.8, 4) is 0 Å². The van der Waals surface area contributed by atoms with Gasteiger partial charge in [-0.3, -0.25) is 0 Å². The zero-order chi connectivity index (χ0) is 8.20. The average Bonchev–Trinajstić information content (AvgIpc) is 2.17. The highest BCUT2D eigenvalue weighted by atomic mass is 16.5. The van der Waals surface area contributed by atoms with Crippen LogP contribution < -0.4 is 0 Å². The van der Waals surface area contributed by atoms with Crippen molar-refractivity contribution in [2.45, 2.75) is 46.6 Å². The zero-order valence-corrected chi connectivity index (χ0v) is 7.90. The van der Waals surface area contributed by atoms with Gasteiger partial charge in [0.15, 0.2) is 0 Å². The number of rotatable bonds is 0. The van der Waals surface area contributed by atoms with Crippen LogP contribution >= 0.6 is 0 Å². The van der Waals surface area contributed by atoms with Crippen LogP contribution in [-0.2, 0) is 4.74 Å². The van der Waals surface area contributed by atoms with E-state index in [1.54, 1.807) is 0 Å². The Kier molecular flexibility index (Phi) is 3.95. The Labute approximate surface area is 64.8 Å². The van der Waals surface area contributed by atoms with Gasteiger partial charge >= 0.3 is 0 Å². The van der Waals surface area contributed by atoms with Gasteiger partial charge in [0.2, 0.25) is 0 Å². The maximum atomic E-state index is 5.45. The summed E-state index contributed by atoms with van der Waals surface area (Å²) < 4.78 is 5.45. The predicted octanol–water partition coefficient (Wildman–Crippen LogP) is 2.85. The van der Waals surface area contributed by atoms with Crippen LogP contribution in [0.15, 0.2) is 0 Å². The molecule has 1 atom stereocenters. The normalized spacial score (nSPS) is 29.1. The van der Waals surface area contributed by atoms with E-state index in [0.717, 1.165) is 12.5 Å². The van der Waals surface area contributed by atoms with E-state index in [1.165, 1.54) is 6.42 Å². The van der Waals surface area contributed by atoms with Gasteiger partial charge in [-0.2, -0.15) is 0 Å². The molecule has 1 saturated heterocycles. The van der Waals surface area contributed by atoms with Gasteiger partial charge in [-0.1, -0.05) is 20.8 Å². The monoisotopic (exact) mass is 144 g/mol. The molecule has 0 bridgehead atoms. The van der Waals surface area contributed by atoms with E-state index < -0.39 is 0 Å². The van der Waals surface area contributed by atoms with Crippen molar-refractivity contribution in [2.75, 3.05) is 6.61 Å². The van der Waals surface area contributed by atoms with Crippen LogP contribution in [0.4, 0.5) is 0 Å². The first-order chi connectivity index (χ1) is 4.63. The maximum Gasteiger partial charge on any atom is 0.0652 e. The van der Waals surface area contributed by atoms with Gasteiger partial charge in [-0.25, -0.2) is 0 Å². The summed E-state index contributed by atoms with van der Waals surface area (Å²) in [6.07, 6.45) is 1.23. The molecule has 0 aromatic heterocycles. The molecule has 1 aliphatic heterocycles. The van der Waals surface area contributed by atoms with Crippen molar-refractivity contribution in [3.05, 3.63) is 0 Å². The summed E-state index contributed by atoms with van der Waals surface area (Å²) in [4.78, 5) is 0. The van der Waals surface area contributed by atoms with Crippen molar-refractivity contribution in [3.63, 3.8) is 0 Å². The SMILES string of the molecule is CC.C[C@H]1CCOC1(C)C. The van der Waals surface area contributed by atoms with Gasteiger partial charge in [0, 0.05) is 6.61 Å². The highest BCUT2D eigenvalue weighted by molar-refractivity contribution is 4.80. The molecule has 1 aliphatic rings. The van der Waals surface area contributed by atoms with E-state index in [0.29, 0.717) is 0 Å². The highest BCUT2D eigenvalue weighted by Crippen LogP contribution is 2.30. The Morgan fingerprint density at radius 1 is 1.30 bits per heavy atom. The van der Waals surface area contributed by atoms with E-state index in [1.807, 2.05) is 13.8 Å². The third-order valence-corrected chi connectivity index (χ3v) is 2.21. The van der Waals surface area contributed by atoms with Crippen molar-refractivity contribution < 1.29 is 4.74 Å². The lowest BCUT2D eigenvalue weighted by molar-refractivity contribution is 0.0153. The molecule has 62 valence electrons. The largest absolute Gasteiger partial charge is 0.375 e. The molecule has 0 amide bonds. The minimum absolute atomic E-state index is 0.153. The second-order valence-electron chi connectivity index (χ2n) is 3.14. The molecule has 1 rings (SSSR count). The topological polar surface area (TPSA) is 9.23 Å². The van der Waals surface area contributed by atoms with Crippen LogP contribution in [0.5, 0.6) is 0 Å². The van der Waals surface area contributed by atoms with Crippen LogP contribution in [0.2, 0.25) is 0 Å². The van der Waals surface area contributed by atoms with Gasteiger partial charge in [0.1, 0.15) is 0 Å². The lowest BCUT2D eigenvalue weighted by Crippen LogP contribution is -2.24. The van der Waals surface area contributed by atoms with Gasteiger partial charge in [-0.05, 0) is 26.2 Å². The predicted molar refractivity (Wildman–Crippen MR) is 45.2 cm³/mol. The van der Waals surface area contributed by atoms with E-state index in [9.17, 15) is 0 Å². The molecule has 0 aromatic rings. The molecule has 1 heterocycles. The average molecular weight is 144 g/mol. The molecule has 1 fully saturated rings. The maximum absolute atomic E-state index is 5.45. The summed E-state index contributed by atoms with van der Waals surface area (Å²) in [6.45, 7) is 11.5. The summed E-state index contributed by atoms with van der Waals surface area (Å²) >= 11 is 0. The fourth-order valence-electron chi connectivity index (χ4n) is 0.989. The van der Waals surface area contributed by atoms with E-state index in [2.05, 4.69) is 20.8 Å². The second-order valence-corrected chi connectivity index (χ2v) is 3.14.